The smallest absolute Gasteiger partial charge is 0.269 e. The number of amides is 1. The lowest BCUT2D eigenvalue weighted by Crippen LogP contribution is -2.12. The fourth-order valence-corrected chi connectivity index (χ4v) is 1.58. The summed E-state index contributed by atoms with van der Waals surface area (Å²) in [5, 5.41) is 11.2. The van der Waals surface area contributed by atoms with E-state index in [-0.39, 0.29) is 11.6 Å². The number of aromatic nitrogens is 6. The first-order chi connectivity index (χ1) is 8.65. The molecule has 0 aromatic carbocycles. The Morgan fingerprint density at radius 3 is 2.94 bits per heavy atom. The predicted octanol–water partition coefficient (Wildman–Crippen LogP) is -0.780. The highest BCUT2D eigenvalue weighted by molar-refractivity contribution is 5.90. The monoisotopic (exact) mass is 244 g/mol. The summed E-state index contributed by atoms with van der Waals surface area (Å²) in [5.41, 5.74) is 11.4. The molecule has 0 aliphatic heterocycles. The molecule has 0 atom stereocenters. The van der Waals surface area contributed by atoms with E-state index in [1.807, 2.05) is 0 Å². The second-order valence-corrected chi connectivity index (χ2v) is 3.55. The Bertz CT molecular complexity index is 742. The Morgan fingerprint density at radius 2 is 2.22 bits per heavy atom. The lowest BCUT2D eigenvalue weighted by Gasteiger charge is -2.02. The number of hydrogen-bond donors (Lipinski definition) is 3. The van der Waals surface area contributed by atoms with Crippen LogP contribution in [-0.4, -0.2) is 35.9 Å². The minimum absolute atomic E-state index is 0.0814. The van der Waals surface area contributed by atoms with Crippen LogP contribution < -0.4 is 11.5 Å². The molecule has 90 valence electrons. The zero-order chi connectivity index (χ0) is 12.7. The van der Waals surface area contributed by atoms with Gasteiger partial charge in [-0.1, -0.05) is 0 Å². The molecule has 0 unspecified atom stereocenters. The van der Waals surface area contributed by atoms with Crippen molar-refractivity contribution in [3.8, 4) is 5.82 Å². The second-order valence-electron chi connectivity index (χ2n) is 3.55. The Balaban J connectivity index is 2.23. The summed E-state index contributed by atoms with van der Waals surface area (Å²) >= 11 is 0. The number of H-pyrrole nitrogens is 1. The molecule has 0 spiro atoms. The van der Waals surface area contributed by atoms with Crippen LogP contribution >= 0.6 is 0 Å². The Hall–Kier alpha value is -2.97. The highest BCUT2D eigenvalue weighted by Gasteiger charge is 2.12. The van der Waals surface area contributed by atoms with Crippen LogP contribution in [0, 0.1) is 0 Å². The number of aromatic amines is 1. The van der Waals surface area contributed by atoms with Gasteiger partial charge in [-0.2, -0.15) is 20.2 Å². The molecular formula is C9H8N8O. The number of nitrogen functional groups attached to an aromatic ring is 1. The number of fused-ring (bicyclic) bond motifs is 1. The zero-order valence-corrected chi connectivity index (χ0v) is 9.03. The van der Waals surface area contributed by atoms with Crippen LogP contribution in [0.4, 0.5) is 5.95 Å². The third-order valence-electron chi connectivity index (χ3n) is 2.37. The number of hydrogen-bond acceptors (Lipinski definition) is 6. The van der Waals surface area contributed by atoms with Crippen molar-refractivity contribution in [3.05, 3.63) is 24.2 Å². The molecule has 0 aliphatic carbocycles. The number of rotatable bonds is 2. The first-order valence-corrected chi connectivity index (χ1v) is 4.97. The van der Waals surface area contributed by atoms with E-state index in [0.717, 1.165) is 0 Å². The Kier molecular flexibility index (Phi) is 1.99. The van der Waals surface area contributed by atoms with E-state index < -0.39 is 5.91 Å². The van der Waals surface area contributed by atoms with Crippen molar-refractivity contribution in [2.45, 2.75) is 0 Å². The maximum Gasteiger partial charge on any atom is 0.269 e. The molecule has 0 saturated heterocycles. The van der Waals surface area contributed by atoms with Crippen molar-refractivity contribution >= 4 is 22.9 Å². The molecule has 9 heteroatoms. The number of nitrogens with zero attached hydrogens (tertiary/aromatic N) is 5. The Morgan fingerprint density at radius 1 is 1.39 bits per heavy atom. The number of carbonyl (C=O) groups is 1. The molecule has 0 radical (unpaired) electrons. The van der Waals surface area contributed by atoms with Crippen LogP contribution in [0.15, 0.2) is 18.5 Å². The van der Waals surface area contributed by atoms with Crippen LogP contribution in [0.2, 0.25) is 0 Å². The fourth-order valence-electron chi connectivity index (χ4n) is 1.58. The van der Waals surface area contributed by atoms with Crippen molar-refractivity contribution in [2.24, 2.45) is 5.73 Å². The minimum atomic E-state index is -0.612. The molecular weight excluding hydrogens is 236 g/mol. The van der Waals surface area contributed by atoms with Gasteiger partial charge in [0.15, 0.2) is 11.5 Å². The Labute approximate surface area is 99.8 Å². The summed E-state index contributed by atoms with van der Waals surface area (Å²) in [6, 6.07) is 1.49. The van der Waals surface area contributed by atoms with Gasteiger partial charge in [-0.15, -0.1) is 0 Å². The molecule has 1 amide bonds. The van der Waals surface area contributed by atoms with Gasteiger partial charge in [0, 0.05) is 6.20 Å². The predicted molar refractivity (Wildman–Crippen MR) is 61.7 cm³/mol. The van der Waals surface area contributed by atoms with Crippen LogP contribution in [0.3, 0.4) is 0 Å². The highest BCUT2D eigenvalue weighted by Crippen LogP contribution is 2.17. The lowest BCUT2D eigenvalue weighted by molar-refractivity contribution is 0.0995. The van der Waals surface area contributed by atoms with Gasteiger partial charge in [0.2, 0.25) is 5.95 Å². The van der Waals surface area contributed by atoms with E-state index in [9.17, 15) is 4.79 Å². The zero-order valence-electron chi connectivity index (χ0n) is 9.03. The van der Waals surface area contributed by atoms with Crippen molar-refractivity contribution in [1.29, 1.82) is 0 Å². The van der Waals surface area contributed by atoms with E-state index in [4.69, 9.17) is 11.5 Å². The van der Waals surface area contributed by atoms with Crippen molar-refractivity contribution in [3.63, 3.8) is 0 Å². The molecule has 0 bridgehead atoms. The molecule has 9 nitrogen and oxygen atoms in total. The van der Waals surface area contributed by atoms with Crippen LogP contribution in [0.1, 0.15) is 10.5 Å². The third kappa shape index (κ3) is 1.45. The van der Waals surface area contributed by atoms with Crippen LogP contribution in [0.25, 0.3) is 16.9 Å². The molecule has 18 heavy (non-hydrogen) atoms. The number of nitrogens with two attached hydrogens (primary N) is 2. The number of carbonyl (C=O) groups excluding carboxylic acids is 1. The fraction of sp³-hybridized carbons (Fsp3) is 0. The average molecular weight is 244 g/mol. The van der Waals surface area contributed by atoms with Gasteiger partial charge in [-0.05, 0) is 6.07 Å². The summed E-state index contributed by atoms with van der Waals surface area (Å²) in [5.74, 6) is -0.101. The summed E-state index contributed by atoms with van der Waals surface area (Å²) in [7, 11) is 0. The molecule has 3 heterocycles. The van der Waals surface area contributed by atoms with E-state index in [2.05, 4.69) is 25.3 Å². The molecule has 0 aliphatic rings. The van der Waals surface area contributed by atoms with Gasteiger partial charge < -0.3 is 11.5 Å². The average Bonchev–Trinajstić information content (AvgIpc) is 2.95. The van der Waals surface area contributed by atoms with Gasteiger partial charge in [0.1, 0.15) is 5.69 Å². The van der Waals surface area contributed by atoms with E-state index in [1.165, 1.54) is 10.7 Å². The number of anilines is 1. The molecule has 3 rings (SSSR count). The quantitative estimate of drug-likeness (QED) is 0.539. The SMILES string of the molecule is NC(=O)c1ccn(-c2nc(N)nc3[nH]ncc23)n1. The van der Waals surface area contributed by atoms with Gasteiger partial charge in [-0.3, -0.25) is 9.89 Å². The maximum absolute atomic E-state index is 11.0. The summed E-state index contributed by atoms with van der Waals surface area (Å²) < 4.78 is 1.40. The second kappa shape index (κ2) is 3.52. The van der Waals surface area contributed by atoms with E-state index >= 15 is 0 Å². The van der Waals surface area contributed by atoms with E-state index in [1.54, 1.807) is 12.4 Å². The topological polar surface area (TPSA) is 141 Å². The van der Waals surface area contributed by atoms with Gasteiger partial charge in [-0.25, -0.2) is 4.68 Å². The molecule has 3 aromatic rings. The van der Waals surface area contributed by atoms with Crippen molar-refractivity contribution in [2.75, 3.05) is 5.73 Å². The third-order valence-corrected chi connectivity index (χ3v) is 2.37. The summed E-state index contributed by atoms with van der Waals surface area (Å²) in [6.45, 7) is 0. The molecule has 3 aromatic heterocycles. The lowest BCUT2D eigenvalue weighted by atomic mass is 10.4. The van der Waals surface area contributed by atoms with Crippen molar-refractivity contribution < 1.29 is 4.79 Å². The number of primary amides is 1. The minimum Gasteiger partial charge on any atom is -0.368 e. The molecule has 0 saturated carbocycles. The van der Waals surface area contributed by atoms with Crippen LogP contribution in [-0.2, 0) is 0 Å². The normalized spacial score (nSPS) is 10.9. The van der Waals surface area contributed by atoms with Crippen LogP contribution in [0.5, 0.6) is 0 Å². The van der Waals surface area contributed by atoms with E-state index in [0.29, 0.717) is 16.9 Å². The first kappa shape index (κ1) is 10.2. The van der Waals surface area contributed by atoms with Gasteiger partial charge in [0.05, 0.1) is 11.6 Å². The summed E-state index contributed by atoms with van der Waals surface area (Å²) in [6.07, 6.45) is 3.12. The highest BCUT2D eigenvalue weighted by atomic mass is 16.1. The first-order valence-electron chi connectivity index (χ1n) is 4.97. The summed E-state index contributed by atoms with van der Waals surface area (Å²) in [4.78, 5) is 19.0. The van der Waals surface area contributed by atoms with Gasteiger partial charge >= 0.3 is 0 Å². The standard InChI is InChI=1S/C9H8N8O/c10-6(18)5-1-2-17(16-5)8-4-3-12-15-7(4)13-9(11)14-8/h1-3H,(H2,10,18)(H3,11,12,13,14,15). The largest absolute Gasteiger partial charge is 0.368 e. The maximum atomic E-state index is 11.0. The van der Waals surface area contributed by atoms with Crippen molar-refractivity contribution in [1.82, 2.24) is 29.9 Å². The number of nitrogens with one attached hydrogen (secondary N) is 1. The van der Waals surface area contributed by atoms with Gasteiger partial charge in [0.25, 0.3) is 5.91 Å². The molecule has 0 fully saturated rings. The molecule has 5 N–H and O–H groups in total.